The van der Waals surface area contributed by atoms with E-state index in [0.29, 0.717) is 47.2 Å². The lowest BCUT2D eigenvalue weighted by Crippen LogP contribution is -2.28. The number of carbonyl (C=O) groups excluding carboxylic acids is 1. The maximum Gasteiger partial charge on any atom is 0.335 e. The number of aromatic nitrogens is 1. The highest BCUT2D eigenvalue weighted by Gasteiger charge is 2.22. The zero-order valence-corrected chi connectivity index (χ0v) is 20.0. The molecule has 7 heteroatoms. The van der Waals surface area contributed by atoms with E-state index in [1.54, 1.807) is 19.1 Å². The average molecular weight is 456 g/mol. The van der Waals surface area contributed by atoms with Crippen molar-refractivity contribution in [2.45, 2.75) is 53.8 Å². The fraction of sp³-hybridized carbons (Fsp3) is 0.385. The van der Waals surface area contributed by atoms with Crippen molar-refractivity contribution in [3.8, 4) is 17.2 Å². The van der Waals surface area contributed by atoms with E-state index >= 15 is 0 Å². The molecule has 0 saturated heterocycles. The molecule has 0 N–H and O–H groups in total. The Hall–Kier alpha value is -3.19. The second kappa shape index (κ2) is 10.6. The highest BCUT2D eigenvalue weighted by Crippen LogP contribution is 2.27. The molecule has 3 rings (SSSR count). The predicted molar refractivity (Wildman–Crippen MR) is 123 cm³/mol. The van der Waals surface area contributed by atoms with Crippen molar-refractivity contribution in [2.24, 2.45) is 0 Å². The van der Waals surface area contributed by atoms with Crippen LogP contribution in [0.25, 0.3) is 11.5 Å². The van der Waals surface area contributed by atoms with Crippen molar-refractivity contribution in [3.63, 3.8) is 0 Å². The fourth-order valence-electron chi connectivity index (χ4n) is 3.70. The lowest BCUT2D eigenvalue weighted by Gasteiger charge is -2.18. The molecular weight excluding hydrogens is 425 g/mol. The quantitative estimate of drug-likeness (QED) is 0.402. The number of ether oxygens (including phenoxy) is 3. The highest BCUT2D eigenvalue weighted by atomic mass is 19.1. The summed E-state index contributed by atoms with van der Waals surface area (Å²) in [5.41, 5.74) is 4.95. The summed E-state index contributed by atoms with van der Waals surface area (Å²) in [6, 6.07) is 8.63. The average Bonchev–Trinajstić information content (AvgIpc) is 3.15. The first-order chi connectivity index (χ1) is 15.7. The van der Waals surface area contributed by atoms with Gasteiger partial charge in [0.2, 0.25) is 5.89 Å². The Labute approximate surface area is 193 Å². The Morgan fingerprint density at radius 1 is 1.09 bits per heavy atom. The van der Waals surface area contributed by atoms with E-state index in [-0.39, 0.29) is 18.4 Å². The van der Waals surface area contributed by atoms with Crippen molar-refractivity contribution in [1.29, 1.82) is 0 Å². The molecule has 0 amide bonds. The summed E-state index contributed by atoms with van der Waals surface area (Å²) in [4.78, 5) is 16.6. The van der Waals surface area contributed by atoms with E-state index in [1.165, 1.54) is 13.2 Å². The molecule has 0 saturated carbocycles. The molecule has 176 valence electrons. The summed E-state index contributed by atoms with van der Waals surface area (Å²) in [7, 11) is 1.36. The van der Waals surface area contributed by atoms with Crippen LogP contribution in [0.1, 0.15) is 40.6 Å². The van der Waals surface area contributed by atoms with Gasteiger partial charge >= 0.3 is 5.97 Å². The van der Waals surface area contributed by atoms with Gasteiger partial charge in [0, 0.05) is 18.6 Å². The summed E-state index contributed by atoms with van der Waals surface area (Å²) in [5, 5.41) is 0. The number of hydrogen-bond acceptors (Lipinski definition) is 6. The number of methoxy groups -OCH3 is 1. The van der Waals surface area contributed by atoms with Crippen LogP contribution in [-0.4, -0.2) is 30.8 Å². The van der Waals surface area contributed by atoms with Gasteiger partial charge < -0.3 is 18.6 Å². The fourth-order valence-corrected chi connectivity index (χ4v) is 3.70. The first-order valence-electron chi connectivity index (χ1n) is 10.9. The van der Waals surface area contributed by atoms with Crippen LogP contribution in [-0.2, 0) is 27.3 Å². The minimum Gasteiger partial charge on any atom is -0.487 e. The molecule has 33 heavy (non-hydrogen) atoms. The summed E-state index contributed by atoms with van der Waals surface area (Å²) < 4.78 is 35.8. The van der Waals surface area contributed by atoms with Gasteiger partial charge in [-0.05, 0) is 87.2 Å². The largest absolute Gasteiger partial charge is 0.487 e. The smallest absolute Gasteiger partial charge is 0.335 e. The van der Waals surface area contributed by atoms with Gasteiger partial charge in [0.05, 0.1) is 7.11 Å². The summed E-state index contributed by atoms with van der Waals surface area (Å²) in [6.07, 6.45) is -0.211. The van der Waals surface area contributed by atoms with E-state index < -0.39 is 6.10 Å². The zero-order chi connectivity index (χ0) is 24.1. The second-order valence-electron chi connectivity index (χ2n) is 7.98. The van der Waals surface area contributed by atoms with Crippen LogP contribution in [0, 0.1) is 33.5 Å². The van der Waals surface area contributed by atoms with Gasteiger partial charge in [-0.15, -0.1) is 0 Å². The number of benzene rings is 2. The molecule has 3 aromatic rings. The van der Waals surface area contributed by atoms with Crippen LogP contribution < -0.4 is 4.74 Å². The number of halogens is 1. The number of carbonyl (C=O) groups is 1. The van der Waals surface area contributed by atoms with Crippen molar-refractivity contribution in [1.82, 2.24) is 4.98 Å². The topological polar surface area (TPSA) is 70.8 Å². The maximum absolute atomic E-state index is 13.6. The van der Waals surface area contributed by atoms with Gasteiger partial charge in [0.25, 0.3) is 0 Å². The molecule has 1 unspecified atom stereocenters. The minimum atomic E-state index is -0.643. The number of rotatable bonds is 9. The van der Waals surface area contributed by atoms with Crippen LogP contribution in [0.5, 0.6) is 5.75 Å². The molecule has 1 atom stereocenters. The normalized spacial score (nSPS) is 12.0. The number of nitrogens with zero attached hydrogens (tertiary/aromatic N) is 1. The molecule has 0 radical (unpaired) electrons. The minimum absolute atomic E-state index is 0.234. The molecule has 0 bridgehead atoms. The summed E-state index contributed by atoms with van der Waals surface area (Å²) in [6.45, 7) is 9.99. The number of oxazole rings is 1. The second-order valence-corrected chi connectivity index (χ2v) is 7.98. The summed E-state index contributed by atoms with van der Waals surface area (Å²) >= 11 is 0. The van der Waals surface area contributed by atoms with Gasteiger partial charge in [0.1, 0.15) is 29.6 Å². The molecule has 2 aromatic carbocycles. The van der Waals surface area contributed by atoms with E-state index in [2.05, 4.69) is 4.98 Å². The van der Waals surface area contributed by atoms with Gasteiger partial charge in [-0.3, -0.25) is 0 Å². The number of esters is 1. The first-order valence-corrected chi connectivity index (χ1v) is 10.9. The SMILES string of the molecule is CCOC(Cc1c(C)cc(OCc2nc(-c3ccc(F)c(C)c3)oc2C)cc1C)C(=O)OC. The maximum atomic E-state index is 13.6. The Morgan fingerprint density at radius 3 is 2.39 bits per heavy atom. The van der Waals surface area contributed by atoms with Crippen LogP contribution in [0.3, 0.4) is 0 Å². The first kappa shape index (κ1) is 24.5. The van der Waals surface area contributed by atoms with Crippen LogP contribution in [0.2, 0.25) is 0 Å². The third-order valence-corrected chi connectivity index (χ3v) is 5.56. The molecule has 0 aliphatic carbocycles. The van der Waals surface area contributed by atoms with Gasteiger partial charge in [-0.25, -0.2) is 14.2 Å². The van der Waals surface area contributed by atoms with Crippen molar-refractivity contribution >= 4 is 5.97 Å². The number of aryl methyl sites for hydroxylation is 4. The third kappa shape index (κ3) is 5.79. The van der Waals surface area contributed by atoms with E-state index in [0.717, 1.165) is 16.7 Å². The number of hydrogen-bond donors (Lipinski definition) is 0. The molecule has 0 aliphatic rings. The molecule has 6 nitrogen and oxygen atoms in total. The molecule has 0 spiro atoms. The Bertz CT molecular complexity index is 1110. The van der Waals surface area contributed by atoms with Crippen LogP contribution in [0.4, 0.5) is 4.39 Å². The molecule has 1 heterocycles. The van der Waals surface area contributed by atoms with Crippen LogP contribution in [0.15, 0.2) is 34.7 Å². The summed E-state index contributed by atoms with van der Waals surface area (Å²) in [5.74, 6) is 1.13. The van der Waals surface area contributed by atoms with Crippen molar-refractivity contribution < 1.29 is 27.8 Å². The predicted octanol–water partition coefficient (Wildman–Crippen LogP) is 5.41. The van der Waals surface area contributed by atoms with Crippen molar-refractivity contribution in [2.75, 3.05) is 13.7 Å². The highest BCUT2D eigenvalue weighted by molar-refractivity contribution is 5.75. The van der Waals surface area contributed by atoms with E-state index in [4.69, 9.17) is 18.6 Å². The van der Waals surface area contributed by atoms with Gasteiger partial charge in [0.15, 0.2) is 6.10 Å². The van der Waals surface area contributed by atoms with Crippen molar-refractivity contribution in [3.05, 3.63) is 69.9 Å². The van der Waals surface area contributed by atoms with E-state index in [1.807, 2.05) is 39.8 Å². The van der Waals surface area contributed by atoms with Gasteiger partial charge in [-0.2, -0.15) is 0 Å². The third-order valence-electron chi connectivity index (χ3n) is 5.56. The lowest BCUT2D eigenvalue weighted by molar-refractivity contribution is -0.153. The standard InChI is InChI=1S/C26H30FNO5/c1-7-31-24(26(29)30-6)13-21-15(2)11-20(12-16(21)3)32-14-23-18(5)33-25(28-23)19-8-9-22(27)17(4)10-19/h8-12,24H,7,13-14H2,1-6H3. The van der Waals surface area contributed by atoms with Crippen LogP contribution >= 0.6 is 0 Å². The van der Waals surface area contributed by atoms with E-state index in [9.17, 15) is 9.18 Å². The molecule has 1 aromatic heterocycles. The Balaban J connectivity index is 1.74. The zero-order valence-electron chi connectivity index (χ0n) is 20.0. The lowest BCUT2D eigenvalue weighted by atomic mass is 9.97. The Morgan fingerprint density at radius 2 is 1.79 bits per heavy atom. The monoisotopic (exact) mass is 455 g/mol. The molecular formula is C26H30FNO5. The Kier molecular flexibility index (Phi) is 7.87. The molecule has 0 aliphatic heterocycles. The molecule has 0 fully saturated rings. The van der Waals surface area contributed by atoms with Gasteiger partial charge in [-0.1, -0.05) is 0 Å².